The van der Waals surface area contributed by atoms with Crippen molar-refractivity contribution >= 4 is 141 Å². The van der Waals surface area contributed by atoms with E-state index in [1.165, 1.54) is 11.3 Å². The number of fused-ring (bicyclic) bond motifs is 4. The van der Waals surface area contributed by atoms with Crippen LogP contribution in [0.25, 0.3) is 75.1 Å². The average molecular weight is 1610 g/mol. The Morgan fingerprint density at radius 1 is 0.556 bits per heavy atom. The van der Waals surface area contributed by atoms with Gasteiger partial charge in [0.2, 0.25) is 0 Å². The second-order valence-electron chi connectivity index (χ2n) is 32.7. The molecule has 0 spiro atoms. The van der Waals surface area contributed by atoms with Crippen LogP contribution in [0.15, 0.2) is 101 Å². The molecule has 7 heterocycles. The summed E-state index contributed by atoms with van der Waals surface area (Å²) >= 11 is 19.0. The molecule has 574 valence electrons. The number of carbonyl (C=O) groups excluding carboxylic acids is 4. The number of hydrogen-bond acceptors (Lipinski definition) is 18. The molecule has 3 fully saturated rings. The van der Waals surface area contributed by atoms with Crippen molar-refractivity contribution in [3.63, 3.8) is 0 Å². The molecule has 2 amide bonds. The van der Waals surface area contributed by atoms with Crippen LogP contribution in [0.4, 0.5) is 9.59 Å². The average Bonchev–Trinajstić information content (AvgIpc) is 1.44. The SMILES string of the molecule is CCOC(=O)[C@@H](OC(C)(C)C)c1c(C)cc2nc(-c3ccc4c(c3)c(C3CN(C(=O)OC(C)(C)C)C3)nn4C)sc2c1-c1ccc(Cl)cc1.CCOC(=O)[C@@H](OC(C)(C)C)c1c(C)cc2nc(Br)sc2c1-c1ccc(Cl)cc1.Cn1nc(C2CN(C(=O)OC(C)(C)C)C2)c2cc(B3OC(C)(C)C(C)(C)O3)ccc21. The van der Waals surface area contributed by atoms with Crippen LogP contribution in [0.2, 0.25) is 10.0 Å². The number of halogens is 3. The second kappa shape index (κ2) is 31.3. The molecular weight excluding hydrogens is 1510 g/mol. The zero-order chi connectivity index (χ0) is 78.8. The molecule has 3 aliphatic rings. The van der Waals surface area contributed by atoms with Gasteiger partial charge in [0.25, 0.3) is 0 Å². The van der Waals surface area contributed by atoms with Crippen LogP contribution < -0.4 is 5.46 Å². The Hall–Kier alpha value is -7.52. The lowest BCUT2D eigenvalue weighted by atomic mass is 9.78. The number of aryl methyl sites for hydroxylation is 4. The van der Waals surface area contributed by atoms with E-state index in [2.05, 4.69) is 78.9 Å². The van der Waals surface area contributed by atoms with Crippen molar-refractivity contribution in [2.24, 2.45) is 14.1 Å². The van der Waals surface area contributed by atoms with E-state index < -0.39 is 53.7 Å². The highest BCUT2D eigenvalue weighted by Gasteiger charge is 2.52. The summed E-state index contributed by atoms with van der Waals surface area (Å²) in [7, 11) is 3.48. The van der Waals surface area contributed by atoms with Gasteiger partial charge in [-0.15, -0.1) is 22.7 Å². The number of carbonyl (C=O) groups is 4. The normalized spacial score (nSPS) is 16.0. The highest BCUT2D eigenvalue weighted by atomic mass is 79.9. The van der Waals surface area contributed by atoms with Crippen molar-refractivity contribution in [1.29, 1.82) is 0 Å². The lowest BCUT2D eigenvalue weighted by Crippen LogP contribution is -2.50. The first-order valence-corrected chi connectivity index (χ1v) is 39.6. The van der Waals surface area contributed by atoms with Gasteiger partial charge in [-0.3, -0.25) is 9.36 Å². The summed E-state index contributed by atoms with van der Waals surface area (Å²) < 4.78 is 53.6. The molecule has 0 bridgehead atoms. The maximum atomic E-state index is 13.5. The van der Waals surface area contributed by atoms with Crippen molar-refractivity contribution in [2.45, 2.75) is 196 Å². The summed E-state index contributed by atoms with van der Waals surface area (Å²) in [6, 6.07) is 31.7. The lowest BCUT2D eigenvalue weighted by molar-refractivity contribution is -0.167. The van der Waals surface area contributed by atoms with Gasteiger partial charge >= 0.3 is 31.2 Å². The third-order valence-corrected chi connectivity index (χ3v) is 22.1. The number of esters is 2. The van der Waals surface area contributed by atoms with Gasteiger partial charge in [0.15, 0.2) is 16.1 Å². The first-order chi connectivity index (χ1) is 50.4. The van der Waals surface area contributed by atoms with Gasteiger partial charge in [-0.25, -0.2) is 29.1 Å². The second-order valence-corrected chi connectivity index (χ2v) is 36.8. The third kappa shape index (κ3) is 18.1. The fourth-order valence-corrected chi connectivity index (χ4v) is 16.2. The number of ether oxygens (including phenoxy) is 6. The van der Waals surface area contributed by atoms with Crippen LogP contribution in [-0.2, 0) is 61.4 Å². The molecule has 20 nitrogen and oxygen atoms in total. The van der Waals surface area contributed by atoms with Crippen LogP contribution in [0.3, 0.4) is 0 Å². The van der Waals surface area contributed by atoms with Crippen LogP contribution in [0.5, 0.6) is 0 Å². The number of likely N-dealkylation sites (tertiary alicyclic amines) is 2. The lowest BCUT2D eigenvalue weighted by Gasteiger charge is -2.39. The van der Waals surface area contributed by atoms with Gasteiger partial charge in [-0.2, -0.15) is 10.2 Å². The smallest absolute Gasteiger partial charge is 0.464 e. The maximum absolute atomic E-state index is 13.5. The molecule has 0 unspecified atom stereocenters. The number of nitrogens with zero attached hydrogens (tertiary/aromatic N) is 8. The van der Waals surface area contributed by atoms with E-state index in [1.807, 2.05) is 187 Å². The number of aromatic nitrogens is 6. The minimum atomic E-state index is -0.947. The van der Waals surface area contributed by atoms with E-state index in [1.54, 1.807) is 35.0 Å². The molecule has 2 atom stereocenters. The quantitative estimate of drug-likeness (QED) is 0.0563. The standard InChI is InChI=1S/C38H43ClN4O5S.C22H32BN3O4.C22H23BrClNO3S/c1-10-46-35(44)32(47-37(3,4)5)29-21(2)17-27-33(30(29)22-11-14-25(39)15-12-22)49-34(40-27)23-13-16-28-26(18-23)31(41-42(28)9)24-19-43(20-24)36(45)48-38(6,7)8;1-20(2,3)28-19(27)26-12-14(13-26)18-16-11-15(9-10-17(16)25(8)24-18)23-29-21(4,5)22(6,7)30-23;1-6-27-20(26)18(28-22(3,4)5)16-12(2)11-15-19(29-21(23)25-15)17(16)13-7-9-14(24)10-8-13/h11-18,24,32H,10,19-20H2,1-9H3;9-11,14H,12-13H2,1-8H3;7-11,18H,6H2,1-5H3/t32-;;18-/m0.0/s1. The van der Waals surface area contributed by atoms with Crippen molar-refractivity contribution in [3.05, 3.63) is 145 Å². The number of benzene rings is 6. The highest BCUT2D eigenvalue weighted by Crippen LogP contribution is 2.48. The Bertz CT molecular complexity index is 5020. The predicted molar refractivity (Wildman–Crippen MR) is 435 cm³/mol. The van der Waals surface area contributed by atoms with Crippen LogP contribution in [0.1, 0.15) is 182 Å². The molecule has 6 aromatic carbocycles. The number of hydrogen-bond donors (Lipinski definition) is 0. The van der Waals surface area contributed by atoms with Crippen molar-refractivity contribution < 1.29 is 56.9 Å². The van der Waals surface area contributed by atoms with E-state index >= 15 is 0 Å². The Kier molecular flexibility index (Phi) is 23.6. The summed E-state index contributed by atoms with van der Waals surface area (Å²) in [5.41, 5.74) is 11.7. The van der Waals surface area contributed by atoms with Crippen molar-refractivity contribution in [3.8, 4) is 32.8 Å². The monoisotopic (exact) mass is 1610 g/mol. The Morgan fingerprint density at radius 3 is 1.35 bits per heavy atom. The zero-order valence-corrected chi connectivity index (χ0v) is 70.5. The summed E-state index contributed by atoms with van der Waals surface area (Å²) in [5.74, 6) is -0.541. The molecule has 13 rings (SSSR count). The minimum Gasteiger partial charge on any atom is -0.464 e. The van der Waals surface area contributed by atoms with E-state index in [0.29, 0.717) is 36.2 Å². The molecule has 0 saturated carbocycles. The largest absolute Gasteiger partial charge is 0.494 e. The number of amides is 2. The van der Waals surface area contributed by atoms with Crippen LogP contribution >= 0.6 is 61.8 Å². The predicted octanol–water partition coefficient (Wildman–Crippen LogP) is 19.5. The number of thiazole rings is 2. The first kappa shape index (κ1) is 81.5. The summed E-state index contributed by atoms with van der Waals surface area (Å²) in [4.78, 5) is 64.6. The fourth-order valence-electron chi connectivity index (χ4n) is 13.3. The molecule has 108 heavy (non-hydrogen) atoms. The van der Waals surface area contributed by atoms with Crippen LogP contribution in [0, 0.1) is 13.8 Å². The molecule has 0 aliphatic carbocycles. The molecule has 26 heteroatoms. The Balaban J connectivity index is 0.000000170. The van der Waals surface area contributed by atoms with E-state index in [0.717, 1.165) is 118 Å². The maximum Gasteiger partial charge on any atom is 0.494 e. The Labute approximate surface area is 659 Å². The van der Waals surface area contributed by atoms with Gasteiger partial charge in [-0.1, -0.05) is 59.6 Å². The van der Waals surface area contributed by atoms with Gasteiger partial charge in [0.1, 0.15) is 16.2 Å². The molecular formula is C82H98BBrCl2N8O12S2. The third-order valence-electron chi connectivity index (χ3n) is 19.0. The molecule has 10 aromatic rings. The minimum absolute atomic E-state index is 0.103. The fraction of sp³-hybridized carbons (Fsp3) is 0.463. The number of rotatable bonds is 14. The molecule has 3 saturated heterocycles. The molecule has 0 N–H and O–H groups in total. The highest BCUT2D eigenvalue weighted by molar-refractivity contribution is 9.11. The van der Waals surface area contributed by atoms with E-state index in [-0.39, 0.29) is 48.4 Å². The van der Waals surface area contributed by atoms with E-state index in [9.17, 15) is 19.2 Å². The zero-order valence-electron chi connectivity index (χ0n) is 65.8. The first-order valence-electron chi connectivity index (χ1n) is 36.4. The van der Waals surface area contributed by atoms with Gasteiger partial charge < -0.3 is 47.5 Å². The molecule has 3 aliphatic heterocycles. The molecule has 0 radical (unpaired) electrons. The summed E-state index contributed by atoms with van der Waals surface area (Å²) in [6.07, 6.45) is -2.37. The summed E-state index contributed by atoms with van der Waals surface area (Å²) in [5, 5.41) is 13.9. The Morgan fingerprint density at radius 2 is 0.944 bits per heavy atom. The molecule has 4 aromatic heterocycles. The van der Waals surface area contributed by atoms with Crippen molar-refractivity contribution in [1.82, 2.24) is 39.3 Å². The summed E-state index contributed by atoms with van der Waals surface area (Å²) in [6.45, 7) is 41.5. The van der Waals surface area contributed by atoms with Gasteiger partial charge in [0, 0.05) is 101 Å². The van der Waals surface area contributed by atoms with Gasteiger partial charge in [-0.05, 0) is 243 Å². The van der Waals surface area contributed by atoms with E-state index in [4.69, 9.17) is 76.1 Å². The van der Waals surface area contributed by atoms with Crippen LogP contribution in [-0.4, -0.2) is 144 Å². The van der Waals surface area contributed by atoms with Crippen molar-refractivity contribution in [2.75, 3.05) is 39.4 Å². The topological polar surface area (TPSA) is 210 Å². The van der Waals surface area contributed by atoms with Gasteiger partial charge in [0.05, 0.1) is 78.5 Å².